The molecule has 0 aromatic rings. The Morgan fingerprint density at radius 1 is 1.50 bits per heavy atom. The maximum Gasteiger partial charge on any atom is 0.211 e. The van der Waals surface area contributed by atoms with Crippen molar-refractivity contribution in [2.45, 2.75) is 0 Å². The summed E-state index contributed by atoms with van der Waals surface area (Å²) >= 11 is 4.76. The first kappa shape index (κ1) is 10.3. The highest BCUT2D eigenvalue weighted by Gasteiger charge is 1.50. The van der Waals surface area contributed by atoms with E-state index in [9.17, 15) is 4.79 Å². The Labute approximate surface area is 53.8 Å². The smallest absolute Gasteiger partial charge is 0.211 e. The van der Waals surface area contributed by atoms with Gasteiger partial charge in [-0.1, -0.05) is 24.8 Å². The summed E-state index contributed by atoms with van der Waals surface area (Å²) in [7, 11) is 0. The highest BCUT2D eigenvalue weighted by Crippen LogP contribution is 1.60. The highest BCUT2D eigenvalue weighted by atomic mass is 35.5. The van der Waals surface area contributed by atoms with Crippen molar-refractivity contribution in [3.63, 3.8) is 0 Å². The van der Waals surface area contributed by atoms with E-state index in [1.807, 2.05) is 0 Å². The van der Waals surface area contributed by atoms with Crippen molar-refractivity contribution in [1.29, 1.82) is 0 Å². The van der Waals surface area contributed by atoms with Gasteiger partial charge in [0, 0.05) is 0 Å². The first-order valence-electron chi connectivity index (χ1n) is 1.85. The molecule has 0 radical (unpaired) electrons. The molecule has 0 aliphatic rings. The zero-order valence-corrected chi connectivity index (χ0v) is 5.19. The third-order valence-corrected chi connectivity index (χ3v) is 0.186. The van der Waals surface area contributed by atoms with E-state index < -0.39 is 0 Å². The van der Waals surface area contributed by atoms with E-state index in [-0.39, 0.29) is 0 Å². The van der Waals surface area contributed by atoms with Gasteiger partial charge in [0.25, 0.3) is 0 Å². The molecule has 0 atom stereocenters. The van der Waals surface area contributed by atoms with Crippen molar-refractivity contribution < 1.29 is 4.79 Å². The standard InChI is InChI=1S/C3H5NO.C2H3Cl/c1-2-4-3-5;1-2-3/h2-3H,1H2,(H,4,5);2H,1H2. The van der Waals surface area contributed by atoms with Gasteiger partial charge in [-0.3, -0.25) is 4.79 Å². The molecule has 0 aliphatic carbocycles. The van der Waals surface area contributed by atoms with Gasteiger partial charge in [0.1, 0.15) is 0 Å². The van der Waals surface area contributed by atoms with E-state index in [4.69, 9.17) is 11.6 Å². The summed E-state index contributed by atoms with van der Waals surface area (Å²) in [6.07, 6.45) is 1.88. The second-order valence-corrected chi connectivity index (χ2v) is 0.952. The highest BCUT2D eigenvalue weighted by molar-refractivity contribution is 6.25. The molecule has 0 aromatic heterocycles. The van der Waals surface area contributed by atoms with Crippen LogP contribution in [-0.4, -0.2) is 6.41 Å². The van der Waals surface area contributed by atoms with Gasteiger partial charge in [-0.2, -0.15) is 0 Å². The molecule has 0 saturated heterocycles. The van der Waals surface area contributed by atoms with E-state index in [1.54, 1.807) is 0 Å². The second kappa shape index (κ2) is 16.3. The van der Waals surface area contributed by atoms with Crippen LogP contribution in [0, 0.1) is 0 Å². The average molecular weight is 134 g/mol. The lowest BCUT2D eigenvalue weighted by Gasteiger charge is -1.70. The van der Waals surface area contributed by atoms with Crippen molar-refractivity contribution in [2.24, 2.45) is 0 Å². The van der Waals surface area contributed by atoms with Crippen molar-refractivity contribution in [1.82, 2.24) is 5.32 Å². The Morgan fingerprint density at radius 3 is 1.88 bits per heavy atom. The molecule has 0 saturated carbocycles. The summed E-state index contributed by atoms with van der Waals surface area (Å²) in [6.45, 7) is 6.33. The summed E-state index contributed by atoms with van der Waals surface area (Å²) in [5, 5.41) is 2.19. The topological polar surface area (TPSA) is 29.1 Å². The van der Waals surface area contributed by atoms with Crippen LogP contribution in [0.3, 0.4) is 0 Å². The predicted molar refractivity (Wildman–Crippen MR) is 35.4 cm³/mol. The molecule has 0 rings (SSSR count). The van der Waals surface area contributed by atoms with Gasteiger partial charge < -0.3 is 5.32 Å². The van der Waals surface area contributed by atoms with Crippen LogP contribution in [0.5, 0.6) is 0 Å². The third kappa shape index (κ3) is 61.3. The van der Waals surface area contributed by atoms with Gasteiger partial charge in [-0.05, 0) is 11.7 Å². The zero-order valence-electron chi connectivity index (χ0n) is 4.43. The van der Waals surface area contributed by atoms with E-state index >= 15 is 0 Å². The number of hydrogen-bond donors (Lipinski definition) is 1. The van der Waals surface area contributed by atoms with Gasteiger partial charge >= 0.3 is 0 Å². The minimum absolute atomic E-state index is 0.562. The normalized spacial score (nSPS) is 5.12. The zero-order chi connectivity index (χ0) is 6.83. The Kier molecular flexibility index (Phi) is 20.9. The predicted octanol–water partition coefficient (Wildman–Crippen LogP) is 1.24. The monoisotopic (exact) mass is 133 g/mol. The molecule has 0 fully saturated rings. The minimum Gasteiger partial charge on any atom is -0.336 e. The minimum atomic E-state index is 0.562. The molecule has 0 heterocycles. The summed E-state index contributed by atoms with van der Waals surface area (Å²) in [5.74, 6) is 0. The summed E-state index contributed by atoms with van der Waals surface area (Å²) in [6, 6.07) is 0. The van der Waals surface area contributed by atoms with E-state index in [0.717, 1.165) is 0 Å². The fourth-order valence-corrected chi connectivity index (χ4v) is 0.0481. The van der Waals surface area contributed by atoms with Crippen LogP contribution in [0.2, 0.25) is 0 Å². The maximum atomic E-state index is 9.22. The van der Waals surface area contributed by atoms with E-state index in [0.29, 0.717) is 6.41 Å². The molecule has 3 heteroatoms. The third-order valence-electron chi connectivity index (χ3n) is 0.186. The molecule has 1 amide bonds. The fraction of sp³-hybridized carbons (Fsp3) is 0. The summed E-state index contributed by atoms with van der Waals surface area (Å²) in [5.41, 5.74) is 1.22. The van der Waals surface area contributed by atoms with Crippen LogP contribution in [0.25, 0.3) is 0 Å². The van der Waals surface area contributed by atoms with Gasteiger partial charge in [0.05, 0.1) is 0 Å². The molecule has 0 aromatic carbocycles. The van der Waals surface area contributed by atoms with E-state index in [1.165, 1.54) is 11.7 Å². The molecule has 0 unspecified atom stereocenters. The maximum absolute atomic E-state index is 9.22. The molecule has 0 bridgehead atoms. The number of hydrogen-bond acceptors (Lipinski definition) is 1. The molecule has 0 spiro atoms. The molecular formula is C5H8ClNO. The lowest BCUT2D eigenvalue weighted by molar-refractivity contribution is -0.108. The van der Waals surface area contributed by atoms with Crippen molar-refractivity contribution in [2.75, 3.05) is 0 Å². The van der Waals surface area contributed by atoms with Crippen LogP contribution in [0.15, 0.2) is 24.9 Å². The number of nitrogens with one attached hydrogen (secondary N) is 1. The van der Waals surface area contributed by atoms with Crippen molar-refractivity contribution >= 4 is 18.0 Å². The van der Waals surface area contributed by atoms with Crippen LogP contribution < -0.4 is 5.32 Å². The number of amides is 1. The SMILES string of the molecule is C=CCl.C=CNC=O. The van der Waals surface area contributed by atoms with Crippen LogP contribution in [0.1, 0.15) is 0 Å². The van der Waals surface area contributed by atoms with Crippen molar-refractivity contribution in [3.05, 3.63) is 24.9 Å². The first-order chi connectivity index (χ1) is 3.83. The number of halogens is 1. The molecule has 2 nitrogen and oxygen atoms in total. The molecule has 1 N–H and O–H groups in total. The van der Waals surface area contributed by atoms with Gasteiger partial charge in [0.15, 0.2) is 0 Å². The van der Waals surface area contributed by atoms with Gasteiger partial charge in [0.2, 0.25) is 6.41 Å². The molecule has 8 heavy (non-hydrogen) atoms. The Bertz CT molecular complexity index is 66.8. The van der Waals surface area contributed by atoms with E-state index in [2.05, 4.69) is 18.5 Å². The Morgan fingerprint density at radius 2 is 1.88 bits per heavy atom. The first-order valence-corrected chi connectivity index (χ1v) is 2.28. The second-order valence-electron chi connectivity index (χ2n) is 0.643. The number of carbonyl (C=O) groups is 1. The molecule has 46 valence electrons. The average Bonchev–Trinajstić information content (AvgIpc) is 1.71. The molecule has 0 aliphatic heterocycles. The number of carbonyl (C=O) groups excluding carboxylic acids is 1. The van der Waals surface area contributed by atoms with Gasteiger partial charge in [-0.25, -0.2) is 0 Å². The summed E-state index contributed by atoms with van der Waals surface area (Å²) < 4.78 is 0. The quantitative estimate of drug-likeness (QED) is 0.565. The van der Waals surface area contributed by atoms with Crippen LogP contribution in [-0.2, 0) is 4.79 Å². The van der Waals surface area contributed by atoms with Crippen LogP contribution in [0.4, 0.5) is 0 Å². The van der Waals surface area contributed by atoms with Gasteiger partial charge in [-0.15, -0.1) is 0 Å². The summed E-state index contributed by atoms with van der Waals surface area (Å²) in [4.78, 5) is 9.22. The van der Waals surface area contributed by atoms with Crippen LogP contribution >= 0.6 is 11.6 Å². The lowest BCUT2D eigenvalue weighted by Crippen LogP contribution is -1.96. The van der Waals surface area contributed by atoms with Crippen molar-refractivity contribution in [3.8, 4) is 0 Å². The Balaban J connectivity index is 0. The largest absolute Gasteiger partial charge is 0.336 e. The number of rotatable bonds is 2. The molecular weight excluding hydrogens is 126 g/mol. The fourth-order valence-electron chi connectivity index (χ4n) is 0.0481. The Hall–Kier alpha value is -0.760. The lowest BCUT2D eigenvalue weighted by atomic mass is 11.0.